The first-order valence-corrected chi connectivity index (χ1v) is 5.77. The molecule has 0 bridgehead atoms. The van der Waals surface area contributed by atoms with Gasteiger partial charge in [0.15, 0.2) is 17.5 Å². The normalized spacial score (nSPS) is 16.4. The second-order valence-electron chi connectivity index (χ2n) is 4.07. The van der Waals surface area contributed by atoms with Crippen LogP contribution in [0.2, 0.25) is 0 Å². The quantitative estimate of drug-likeness (QED) is 0.801. The Morgan fingerprint density at radius 1 is 1.18 bits per heavy atom. The maximum atomic E-state index is 14.0. The minimum absolute atomic E-state index is 0.147. The Labute approximate surface area is 98.4 Å². The van der Waals surface area contributed by atoms with E-state index >= 15 is 0 Å². The van der Waals surface area contributed by atoms with Crippen molar-refractivity contribution in [2.45, 2.75) is 13.3 Å². The van der Waals surface area contributed by atoms with E-state index in [9.17, 15) is 13.2 Å². The summed E-state index contributed by atoms with van der Waals surface area (Å²) in [5.74, 6) is -2.67. The summed E-state index contributed by atoms with van der Waals surface area (Å²) in [4.78, 5) is 1.74. The van der Waals surface area contributed by atoms with Crippen LogP contribution in [0.3, 0.4) is 0 Å². The van der Waals surface area contributed by atoms with Crippen molar-refractivity contribution in [3.8, 4) is 0 Å². The van der Waals surface area contributed by atoms with E-state index in [4.69, 9.17) is 0 Å². The van der Waals surface area contributed by atoms with Gasteiger partial charge in [-0.1, -0.05) is 6.92 Å². The molecule has 0 radical (unpaired) electrons. The number of rotatable bonds is 2. The topological polar surface area (TPSA) is 15.3 Å². The summed E-state index contributed by atoms with van der Waals surface area (Å²) in [5, 5.41) is 3.13. The number of halogens is 3. The summed E-state index contributed by atoms with van der Waals surface area (Å²) in [6.45, 7) is 4.26. The lowest BCUT2D eigenvalue weighted by molar-refractivity contribution is 0.477. The molecule has 2 nitrogen and oxygen atoms in total. The average molecular weight is 244 g/mol. The van der Waals surface area contributed by atoms with Crippen LogP contribution in [0.5, 0.6) is 0 Å². The number of hydrogen-bond acceptors (Lipinski definition) is 2. The highest BCUT2D eigenvalue weighted by molar-refractivity contribution is 5.51. The molecule has 2 rings (SSSR count). The smallest absolute Gasteiger partial charge is 0.165 e. The Morgan fingerprint density at radius 2 is 1.82 bits per heavy atom. The maximum absolute atomic E-state index is 14.0. The lowest BCUT2D eigenvalue weighted by Crippen LogP contribution is -2.44. The maximum Gasteiger partial charge on any atom is 0.165 e. The zero-order valence-electron chi connectivity index (χ0n) is 9.69. The van der Waals surface area contributed by atoms with Gasteiger partial charge in [-0.2, -0.15) is 0 Å². The lowest BCUT2D eigenvalue weighted by Gasteiger charge is -2.30. The Kier molecular flexibility index (Phi) is 3.57. The highest BCUT2D eigenvalue weighted by Gasteiger charge is 2.21. The van der Waals surface area contributed by atoms with Crippen LogP contribution in [0.15, 0.2) is 6.07 Å². The number of nitrogens with zero attached hydrogens (tertiary/aromatic N) is 1. The van der Waals surface area contributed by atoms with Gasteiger partial charge in [-0.05, 0) is 6.42 Å². The summed E-state index contributed by atoms with van der Waals surface area (Å²) < 4.78 is 40.8. The minimum atomic E-state index is -1.07. The van der Waals surface area contributed by atoms with E-state index in [1.54, 1.807) is 11.8 Å². The molecule has 0 unspecified atom stereocenters. The van der Waals surface area contributed by atoms with E-state index in [1.165, 1.54) is 0 Å². The van der Waals surface area contributed by atoms with Crippen molar-refractivity contribution in [1.82, 2.24) is 5.32 Å². The molecule has 1 N–H and O–H groups in total. The molecular formula is C12H15F3N2. The molecule has 1 aromatic carbocycles. The van der Waals surface area contributed by atoms with E-state index < -0.39 is 17.5 Å². The molecule has 0 spiro atoms. The standard InChI is InChI=1S/C12H15F3N2/c1-2-8-11(14)9(13)7-10(12(8)15)17-5-3-16-4-6-17/h7,16H,2-6H2,1H3. The Morgan fingerprint density at radius 3 is 2.41 bits per heavy atom. The van der Waals surface area contributed by atoms with Gasteiger partial charge in [0.2, 0.25) is 0 Å². The molecule has 0 aliphatic carbocycles. The largest absolute Gasteiger partial charge is 0.367 e. The number of hydrogen-bond donors (Lipinski definition) is 1. The van der Waals surface area contributed by atoms with Gasteiger partial charge >= 0.3 is 0 Å². The van der Waals surface area contributed by atoms with Crippen LogP contribution < -0.4 is 10.2 Å². The predicted octanol–water partition coefficient (Wildman–Crippen LogP) is 2.08. The first-order valence-electron chi connectivity index (χ1n) is 5.77. The fraction of sp³-hybridized carbons (Fsp3) is 0.500. The Balaban J connectivity index is 2.42. The van der Waals surface area contributed by atoms with Gasteiger partial charge in [0, 0.05) is 37.8 Å². The number of benzene rings is 1. The molecule has 0 aromatic heterocycles. The third-order valence-electron chi connectivity index (χ3n) is 3.04. The molecule has 0 atom stereocenters. The van der Waals surface area contributed by atoms with E-state index in [2.05, 4.69) is 5.32 Å². The Hall–Kier alpha value is -1.23. The SMILES string of the molecule is CCc1c(F)c(F)cc(N2CCNCC2)c1F. The van der Waals surface area contributed by atoms with Gasteiger partial charge in [-0.3, -0.25) is 0 Å². The van der Waals surface area contributed by atoms with Crippen LogP contribution in [0.4, 0.5) is 18.9 Å². The molecule has 1 saturated heterocycles. The van der Waals surface area contributed by atoms with E-state index in [0.717, 1.165) is 19.2 Å². The van der Waals surface area contributed by atoms with Crippen molar-refractivity contribution in [1.29, 1.82) is 0 Å². The van der Waals surface area contributed by atoms with Crippen LogP contribution in [-0.2, 0) is 6.42 Å². The van der Waals surface area contributed by atoms with Crippen LogP contribution in [0.25, 0.3) is 0 Å². The Bertz CT molecular complexity index is 415. The zero-order valence-corrected chi connectivity index (χ0v) is 9.69. The summed E-state index contributed by atoms with van der Waals surface area (Å²) in [6, 6.07) is 0.954. The molecule has 1 aromatic rings. The van der Waals surface area contributed by atoms with Gasteiger partial charge in [-0.15, -0.1) is 0 Å². The van der Waals surface area contributed by atoms with Crippen molar-refractivity contribution in [2.75, 3.05) is 31.1 Å². The van der Waals surface area contributed by atoms with Crippen LogP contribution in [-0.4, -0.2) is 26.2 Å². The first kappa shape index (κ1) is 12.2. The third-order valence-corrected chi connectivity index (χ3v) is 3.04. The van der Waals surface area contributed by atoms with Gasteiger partial charge in [0.25, 0.3) is 0 Å². The molecule has 17 heavy (non-hydrogen) atoms. The second kappa shape index (κ2) is 4.96. The van der Waals surface area contributed by atoms with Crippen molar-refractivity contribution in [3.63, 3.8) is 0 Å². The van der Waals surface area contributed by atoms with E-state index in [0.29, 0.717) is 13.1 Å². The lowest BCUT2D eigenvalue weighted by atomic mass is 10.1. The van der Waals surface area contributed by atoms with Crippen LogP contribution in [0.1, 0.15) is 12.5 Å². The fourth-order valence-electron chi connectivity index (χ4n) is 2.09. The van der Waals surface area contributed by atoms with Gasteiger partial charge in [0.05, 0.1) is 5.69 Å². The molecular weight excluding hydrogens is 229 g/mol. The summed E-state index contributed by atoms with van der Waals surface area (Å²) >= 11 is 0. The monoisotopic (exact) mass is 244 g/mol. The molecule has 94 valence electrons. The summed E-state index contributed by atoms with van der Waals surface area (Å²) in [7, 11) is 0. The molecule has 1 aliphatic heterocycles. The van der Waals surface area contributed by atoms with Crippen LogP contribution in [0, 0.1) is 17.5 Å². The number of anilines is 1. The zero-order chi connectivity index (χ0) is 12.4. The van der Waals surface area contributed by atoms with E-state index in [1.807, 2.05) is 0 Å². The first-order chi connectivity index (χ1) is 8.15. The highest BCUT2D eigenvalue weighted by atomic mass is 19.2. The number of piperazine rings is 1. The molecule has 5 heteroatoms. The molecule has 1 fully saturated rings. The third kappa shape index (κ3) is 2.24. The van der Waals surface area contributed by atoms with Crippen molar-refractivity contribution in [2.24, 2.45) is 0 Å². The second-order valence-corrected chi connectivity index (χ2v) is 4.07. The molecule has 1 aliphatic rings. The average Bonchev–Trinajstić information content (AvgIpc) is 2.36. The van der Waals surface area contributed by atoms with Gasteiger partial charge in [-0.25, -0.2) is 13.2 Å². The minimum Gasteiger partial charge on any atom is -0.367 e. The molecule has 1 heterocycles. The van der Waals surface area contributed by atoms with Crippen molar-refractivity contribution >= 4 is 5.69 Å². The summed E-state index contributed by atoms with van der Waals surface area (Å²) in [5.41, 5.74) is 0.000725. The van der Waals surface area contributed by atoms with Crippen LogP contribution >= 0.6 is 0 Å². The predicted molar refractivity (Wildman–Crippen MR) is 60.8 cm³/mol. The van der Waals surface area contributed by atoms with Crippen molar-refractivity contribution in [3.05, 3.63) is 29.1 Å². The van der Waals surface area contributed by atoms with E-state index in [-0.39, 0.29) is 17.7 Å². The van der Waals surface area contributed by atoms with Crippen molar-refractivity contribution < 1.29 is 13.2 Å². The number of nitrogens with one attached hydrogen (secondary N) is 1. The van der Waals surface area contributed by atoms with Gasteiger partial charge < -0.3 is 10.2 Å². The fourth-order valence-corrected chi connectivity index (χ4v) is 2.09. The highest BCUT2D eigenvalue weighted by Crippen LogP contribution is 2.27. The molecule has 0 saturated carbocycles. The summed E-state index contributed by atoms with van der Waals surface area (Å²) in [6.07, 6.45) is 0.147. The van der Waals surface area contributed by atoms with Gasteiger partial charge in [0.1, 0.15) is 0 Å². The molecule has 0 amide bonds.